The third-order valence-corrected chi connectivity index (χ3v) is 3.02. The van der Waals surface area contributed by atoms with Gasteiger partial charge in [0.05, 0.1) is 5.82 Å². The molecule has 0 unspecified atom stereocenters. The first kappa shape index (κ1) is 17.9. The number of ether oxygens (including phenoxy) is 1. The van der Waals surface area contributed by atoms with Gasteiger partial charge >= 0.3 is 0 Å². The second-order valence-electron chi connectivity index (χ2n) is 4.34. The quantitative estimate of drug-likeness (QED) is 0.612. The number of hydrogen-bond donors (Lipinski definition) is 0. The van der Waals surface area contributed by atoms with Crippen molar-refractivity contribution in [3.63, 3.8) is 0 Å². The van der Waals surface area contributed by atoms with Crippen LogP contribution >= 0.6 is 0 Å². The predicted molar refractivity (Wildman–Crippen MR) is 74.0 cm³/mol. The Morgan fingerprint density at radius 3 is 2.90 bits per heavy atom. The standard InChI is InChI=1S/C16H15FNO2.Y/c1-3-4-10-20-12-8-9-13(14(17)11-12)15-6-5-7-16(19)18(15)2;/h8-9,11H,5,7,10H2,1-2H3;/q-1;. The summed E-state index contributed by atoms with van der Waals surface area (Å²) in [7, 11) is 1.63. The fourth-order valence-electron chi connectivity index (χ4n) is 1.94. The smallest absolute Gasteiger partial charge is 0.222 e. The van der Waals surface area contributed by atoms with E-state index in [1.807, 2.05) is 0 Å². The predicted octanol–water partition coefficient (Wildman–Crippen LogP) is 2.62. The zero-order valence-electron chi connectivity index (χ0n) is 12.1. The van der Waals surface area contributed by atoms with Crippen LogP contribution in [0.1, 0.15) is 25.3 Å². The number of carbonyl (C=O) groups is 1. The Morgan fingerprint density at radius 1 is 1.48 bits per heavy atom. The molecule has 1 aromatic rings. The van der Waals surface area contributed by atoms with Crippen LogP contribution in [0.15, 0.2) is 18.2 Å². The van der Waals surface area contributed by atoms with E-state index in [1.165, 1.54) is 11.0 Å². The van der Waals surface area contributed by atoms with E-state index < -0.39 is 5.82 Å². The van der Waals surface area contributed by atoms with Gasteiger partial charge in [-0.3, -0.25) is 4.79 Å². The van der Waals surface area contributed by atoms with Gasteiger partial charge in [0.2, 0.25) is 5.91 Å². The Balaban J connectivity index is 0.00000220. The average molecular weight is 361 g/mol. The van der Waals surface area contributed by atoms with Gasteiger partial charge in [0, 0.05) is 46.2 Å². The maximum atomic E-state index is 14.1. The molecule has 1 radical (unpaired) electrons. The van der Waals surface area contributed by atoms with Crippen molar-refractivity contribution in [2.24, 2.45) is 0 Å². The van der Waals surface area contributed by atoms with E-state index in [1.54, 1.807) is 26.1 Å². The van der Waals surface area contributed by atoms with Gasteiger partial charge in [0.15, 0.2) is 0 Å². The van der Waals surface area contributed by atoms with E-state index in [2.05, 4.69) is 17.9 Å². The zero-order chi connectivity index (χ0) is 14.5. The molecule has 107 valence electrons. The second kappa shape index (κ2) is 8.31. The molecule has 5 heteroatoms. The van der Waals surface area contributed by atoms with E-state index in [-0.39, 0.29) is 45.2 Å². The monoisotopic (exact) mass is 361 g/mol. The van der Waals surface area contributed by atoms with Crippen LogP contribution in [0.5, 0.6) is 5.75 Å². The van der Waals surface area contributed by atoms with Crippen LogP contribution in [0, 0.1) is 23.7 Å². The number of nitrogens with zero attached hydrogens (tertiary/aromatic N) is 1. The van der Waals surface area contributed by atoms with E-state index >= 15 is 0 Å². The normalized spacial score (nSPS) is 13.8. The molecule has 0 saturated heterocycles. The molecular weight excluding hydrogens is 346 g/mol. The third kappa shape index (κ3) is 4.39. The summed E-state index contributed by atoms with van der Waals surface area (Å²) in [5, 5.41) is 0. The molecule has 0 bridgehead atoms. The molecule has 0 aromatic heterocycles. The third-order valence-electron chi connectivity index (χ3n) is 3.02. The first-order valence-corrected chi connectivity index (χ1v) is 6.33. The molecule has 0 spiro atoms. The van der Waals surface area contributed by atoms with Crippen molar-refractivity contribution in [1.82, 2.24) is 4.90 Å². The fraction of sp³-hybridized carbons (Fsp3) is 0.312. The van der Waals surface area contributed by atoms with Crippen molar-refractivity contribution >= 4 is 11.6 Å². The van der Waals surface area contributed by atoms with Gasteiger partial charge in [-0.1, -0.05) is 5.92 Å². The van der Waals surface area contributed by atoms with Crippen molar-refractivity contribution in [1.29, 1.82) is 0 Å². The summed E-state index contributed by atoms with van der Waals surface area (Å²) in [5.41, 5.74) is 0.841. The summed E-state index contributed by atoms with van der Waals surface area (Å²) >= 11 is 0. The topological polar surface area (TPSA) is 29.5 Å². The maximum Gasteiger partial charge on any atom is 0.222 e. The van der Waals surface area contributed by atoms with Crippen LogP contribution in [-0.2, 0) is 37.5 Å². The van der Waals surface area contributed by atoms with Crippen LogP contribution in [0.2, 0.25) is 0 Å². The molecule has 0 aliphatic carbocycles. The summed E-state index contributed by atoms with van der Waals surface area (Å²) in [4.78, 5) is 13.1. The molecule has 3 nitrogen and oxygen atoms in total. The van der Waals surface area contributed by atoms with Crippen LogP contribution in [0.3, 0.4) is 0 Å². The SMILES string of the molecule is CC#CCOc1ccc(C2=[C-]CCC(=O)N2C)c(F)c1.[Y]. The molecule has 0 atom stereocenters. The largest absolute Gasteiger partial charge is 0.481 e. The number of halogens is 1. The molecule has 1 amide bonds. The van der Waals surface area contributed by atoms with Crippen molar-refractivity contribution < 1.29 is 46.6 Å². The number of carbonyl (C=O) groups excluding carboxylic acids is 1. The fourth-order valence-corrected chi connectivity index (χ4v) is 1.94. The molecule has 0 fully saturated rings. The van der Waals surface area contributed by atoms with E-state index in [9.17, 15) is 9.18 Å². The molecule has 1 aliphatic heterocycles. The molecule has 1 heterocycles. The average Bonchev–Trinajstić information content (AvgIpc) is 2.43. The van der Waals surface area contributed by atoms with E-state index in [0.717, 1.165) is 0 Å². The maximum absolute atomic E-state index is 14.1. The van der Waals surface area contributed by atoms with Crippen LogP contribution in [0.25, 0.3) is 5.70 Å². The van der Waals surface area contributed by atoms with Crippen molar-refractivity contribution in [3.8, 4) is 17.6 Å². The van der Waals surface area contributed by atoms with Gasteiger partial charge in [-0.05, 0) is 19.1 Å². The molecule has 1 aliphatic rings. The Hall–Kier alpha value is -1.18. The minimum Gasteiger partial charge on any atom is -0.481 e. The van der Waals surface area contributed by atoms with Gasteiger partial charge in [0.25, 0.3) is 0 Å². The molecule has 0 saturated carbocycles. The van der Waals surface area contributed by atoms with Gasteiger partial charge in [-0.15, -0.1) is 29.7 Å². The van der Waals surface area contributed by atoms with Crippen molar-refractivity contribution in [2.45, 2.75) is 19.8 Å². The zero-order valence-corrected chi connectivity index (χ0v) is 14.9. The number of amides is 1. The first-order chi connectivity index (χ1) is 9.63. The summed E-state index contributed by atoms with van der Waals surface area (Å²) in [6.07, 6.45) is 3.98. The Labute approximate surface area is 149 Å². The number of rotatable bonds is 3. The van der Waals surface area contributed by atoms with Crippen LogP contribution in [0.4, 0.5) is 4.39 Å². The molecule has 0 N–H and O–H groups in total. The molecule has 2 rings (SSSR count). The molecule has 1 aromatic carbocycles. The van der Waals surface area contributed by atoms with E-state index in [0.29, 0.717) is 29.9 Å². The molecule has 21 heavy (non-hydrogen) atoms. The van der Waals surface area contributed by atoms with Crippen LogP contribution < -0.4 is 4.74 Å². The van der Waals surface area contributed by atoms with Gasteiger partial charge in [0.1, 0.15) is 12.4 Å². The van der Waals surface area contributed by atoms with Gasteiger partial charge in [-0.2, -0.15) is 0 Å². The Bertz CT molecular complexity index is 616. The number of allylic oxidation sites excluding steroid dienone is 1. The first-order valence-electron chi connectivity index (χ1n) is 6.33. The number of benzene rings is 1. The Kier molecular flexibility index (Phi) is 7.07. The second-order valence-corrected chi connectivity index (χ2v) is 4.34. The summed E-state index contributed by atoms with van der Waals surface area (Å²) in [6, 6.07) is 4.56. The Morgan fingerprint density at radius 2 is 2.24 bits per heavy atom. The summed E-state index contributed by atoms with van der Waals surface area (Å²) in [6.45, 7) is 1.94. The van der Waals surface area contributed by atoms with Crippen LogP contribution in [-0.4, -0.2) is 24.5 Å². The van der Waals surface area contributed by atoms with Gasteiger partial charge < -0.3 is 9.64 Å². The van der Waals surface area contributed by atoms with Crippen molar-refractivity contribution in [3.05, 3.63) is 35.7 Å². The van der Waals surface area contributed by atoms with E-state index in [4.69, 9.17) is 4.74 Å². The van der Waals surface area contributed by atoms with Crippen molar-refractivity contribution in [2.75, 3.05) is 13.7 Å². The number of hydrogen-bond acceptors (Lipinski definition) is 2. The summed E-state index contributed by atoms with van der Waals surface area (Å²) < 4.78 is 19.4. The minimum absolute atomic E-state index is 0. The minimum atomic E-state index is -0.434. The van der Waals surface area contributed by atoms with Gasteiger partial charge in [-0.25, -0.2) is 10.5 Å². The molecular formula is C16H15FNO2Y-. The summed E-state index contributed by atoms with van der Waals surface area (Å²) in [5.74, 6) is 5.39.